The van der Waals surface area contributed by atoms with Crippen molar-refractivity contribution in [3.63, 3.8) is 0 Å². The van der Waals surface area contributed by atoms with Gasteiger partial charge in [-0.1, -0.05) is 72.8 Å². The molecular formula is C40H34N6O5S2. The number of phenolic OH excluding ortho intramolecular Hbond substituents is 2. The van der Waals surface area contributed by atoms with Crippen molar-refractivity contribution >= 4 is 51.6 Å². The van der Waals surface area contributed by atoms with Crippen molar-refractivity contribution in [2.24, 2.45) is 0 Å². The Morgan fingerprint density at radius 1 is 0.736 bits per heavy atom. The number of rotatable bonds is 8. The third-order valence-corrected chi connectivity index (χ3v) is 9.13. The number of aliphatic hydroxyl groups is 1. The van der Waals surface area contributed by atoms with Gasteiger partial charge in [-0.05, 0) is 78.7 Å². The van der Waals surface area contributed by atoms with Crippen molar-refractivity contribution in [1.82, 2.24) is 29.5 Å². The highest BCUT2D eigenvalue weighted by molar-refractivity contribution is 7.71. The SMILES string of the molecule is COCCOc1ccc(-n2c(-c3ccc(O)cc3O)n[nH]c2=S)c2ccccc12.OC1=CCC=CC=C1c1n[nH]c(=S)n1-c1cccc2ccccc12. The fourth-order valence-corrected chi connectivity index (χ4v) is 6.59. The number of hydrogen-bond donors (Lipinski definition) is 5. The van der Waals surface area contributed by atoms with E-state index in [1.54, 1.807) is 23.8 Å². The number of aromatic nitrogens is 6. The van der Waals surface area contributed by atoms with Gasteiger partial charge in [0.15, 0.2) is 21.2 Å². The minimum Gasteiger partial charge on any atom is -0.508 e. The Hall–Kier alpha value is -6.28. The number of nitrogens with one attached hydrogen (secondary N) is 2. The third kappa shape index (κ3) is 7.13. The molecule has 1 aliphatic carbocycles. The molecule has 7 aromatic rings. The number of phenols is 2. The van der Waals surface area contributed by atoms with Gasteiger partial charge in [0.2, 0.25) is 0 Å². The van der Waals surface area contributed by atoms with Crippen LogP contribution in [0.25, 0.3) is 49.9 Å². The first-order valence-electron chi connectivity index (χ1n) is 16.6. The van der Waals surface area contributed by atoms with Gasteiger partial charge in [0, 0.05) is 29.3 Å². The van der Waals surface area contributed by atoms with Crippen molar-refractivity contribution in [2.75, 3.05) is 20.3 Å². The normalized spacial score (nSPS) is 12.5. The number of fused-ring (bicyclic) bond motifs is 2. The number of benzene rings is 5. The highest BCUT2D eigenvalue weighted by Crippen LogP contribution is 2.36. The molecule has 266 valence electrons. The van der Waals surface area contributed by atoms with E-state index >= 15 is 0 Å². The molecule has 8 rings (SSSR count). The smallest absolute Gasteiger partial charge is 0.200 e. The Morgan fingerprint density at radius 3 is 2.19 bits per heavy atom. The molecule has 0 saturated heterocycles. The van der Waals surface area contributed by atoms with Crippen molar-refractivity contribution in [1.29, 1.82) is 0 Å². The molecule has 0 atom stereocenters. The summed E-state index contributed by atoms with van der Waals surface area (Å²) in [6, 6.07) is 30.1. The summed E-state index contributed by atoms with van der Waals surface area (Å²) in [7, 11) is 1.63. The topological polar surface area (TPSA) is 146 Å². The predicted molar refractivity (Wildman–Crippen MR) is 211 cm³/mol. The first-order chi connectivity index (χ1) is 25.9. The van der Waals surface area contributed by atoms with Crippen LogP contribution in [0, 0.1) is 9.54 Å². The molecule has 0 radical (unpaired) electrons. The van der Waals surface area contributed by atoms with E-state index in [-0.39, 0.29) is 17.3 Å². The fraction of sp³-hybridized carbons (Fsp3) is 0.100. The molecular weight excluding hydrogens is 709 g/mol. The van der Waals surface area contributed by atoms with Crippen molar-refractivity contribution in [3.8, 4) is 40.0 Å². The number of nitrogens with zero attached hydrogens (tertiary/aromatic N) is 4. The molecule has 1 aliphatic rings. The van der Waals surface area contributed by atoms with E-state index in [9.17, 15) is 15.3 Å². The Kier molecular flexibility index (Phi) is 10.3. The molecule has 2 aromatic heterocycles. The summed E-state index contributed by atoms with van der Waals surface area (Å²) in [5, 5.41) is 48.6. The van der Waals surface area contributed by atoms with Crippen LogP contribution in [-0.4, -0.2) is 65.2 Å². The molecule has 0 spiro atoms. The minimum absolute atomic E-state index is 0.0325. The molecule has 2 heterocycles. The summed E-state index contributed by atoms with van der Waals surface area (Å²) in [4.78, 5) is 0. The van der Waals surface area contributed by atoms with E-state index in [4.69, 9.17) is 33.9 Å². The van der Waals surface area contributed by atoms with Gasteiger partial charge in [0.25, 0.3) is 0 Å². The predicted octanol–water partition coefficient (Wildman–Crippen LogP) is 9.05. The molecule has 5 aromatic carbocycles. The standard InChI is InChI=1S/C21H19N3O4S.C19H15N3OS/c1-27-10-11-28-19-9-8-17(14-4-2-3-5-15(14)19)24-20(22-23-21(24)29)16-7-6-13(25)12-18(16)26;23-17-12-3-1-2-10-15(17)18-20-21-19(24)22(18)16-11-6-8-13-7-4-5-9-14(13)16/h2-9,12,25-26H,10-11H2,1H3,(H,23,29);1-2,4-12,23H,3H2,(H,21,24). The molecule has 0 amide bonds. The zero-order valence-corrected chi connectivity index (χ0v) is 30.1. The third-order valence-electron chi connectivity index (χ3n) is 8.58. The lowest BCUT2D eigenvalue weighted by Crippen LogP contribution is -2.05. The highest BCUT2D eigenvalue weighted by Gasteiger charge is 2.19. The van der Waals surface area contributed by atoms with Gasteiger partial charge in [-0.2, -0.15) is 10.2 Å². The zero-order chi connectivity index (χ0) is 36.9. The number of allylic oxidation sites excluding steroid dienone is 5. The van der Waals surface area contributed by atoms with Crippen LogP contribution in [0.4, 0.5) is 0 Å². The van der Waals surface area contributed by atoms with Gasteiger partial charge in [-0.15, -0.1) is 0 Å². The molecule has 11 nitrogen and oxygen atoms in total. The van der Waals surface area contributed by atoms with E-state index in [0.29, 0.717) is 52.0 Å². The molecule has 13 heteroatoms. The quantitative estimate of drug-likeness (QED) is 0.0760. The molecule has 0 unspecified atom stereocenters. The molecule has 5 N–H and O–H groups in total. The Morgan fingerprint density at radius 2 is 1.42 bits per heavy atom. The fourth-order valence-electron chi connectivity index (χ4n) is 6.13. The van der Waals surface area contributed by atoms with Crippen LogP contribution in [0.15, 0.2) is 127 Å². The lowest BCUT2D eigenvalue weighted by molar-refractivity contribution is 0.147. The maximum Gasteiger partial charge on any atom is 0.200 e. The van der Waals surface area contributed by atoms with Crippen LogP contribution in [-0.2, 0) is 4.74 Å². The van der Waals surface area contributed by atoms with E-state index in [1.807, 2.05) is 83.5 Å². The van der Waals surface area contributed by atoms with E-state index in [1.165, 1.54) is 12.1 Å². The maximum atomic E-state index is 10.3. The number of aromatic amines is 2. The molecule has 0 fully saturated rings. The van der Waals surface area contributed by atoms with Crippen molar-refractivity contribution < 1.29 is 24.8 Å². The van der Waals surface area contributed by atoms with Crippen LogP contribution >= 0.6 is 24.4 Å². The minimum atomic E-state index is -0.0934. The summed E-state index contributed by atoms with van der Waals surface area (Å²) in [5.41, 5.74) is 2.81. The number of H-pyrrole nitrogens is 2. The largest absolute Gasteiger partial charge is 0.508 e. The lowest BCUT2D eigenvalue weighted by Gasteiger charge is -2.14. The number of hydrogen-bond acceptors (Lipinski definition) is 9. The van der Waals surface area contributed by atoms with Crippen LogP contribution in [0.2, 0.25) is 0 Å². The number of ether oxygens (including phenoxy) is 2. The summed E-state index contributed by atoms with van der Waals surface area (Å²) < 4.78 is 15.4. The van der Waals surface area contributed by atoms with Crippen LogP contribution in [0.5, 0.6) is 17.2 Å². The second-order valence-electron chi connectivity index (χ2n) is 11.9. The zero-order valence-electron chi connectivity index (χ0n) is 28.4. The first kappa shape index (κ1) is 35.1. The maximum absolute atomic E-state index is 10.3. The van der Waals surface area contributed by atoms with Gasteiger partial charge >= 0.3 is 0 Å². The van der Waals surface area contributed by atoms with Crippen molar-refractivity contribution in [3.05, 3.63) is 142 Å². The number of aliphatic hydroxyl groups excluding tert-OH is 1. The summed E-state index contributed by atoms with van der Waals surface area (Å²) >= 11 is 10.9. The van der Waals surface area contributed by atoms with Gasteiger partial charge < -0.3 is 24.8 Å². The van der Waals surface area contributed by atoms with E-state index in [0.717, 1.165) is 38.7 Å². The van der Waals surface area contributed by atoms with E-state index in [2.05, 4.69) is 38.6 Å². The Bertz CT molecular complexity index is 2660. The number of methoxy groups -OCH3 is 1. The Balaban J connectivity index is 0.000000167. The molecule has 0 bridgehead atoms. The summed E-state index contributed by atoms with van der Waals surface area (Å²) in [5.74, 6) is 1.85. The van der Waals surface area contributed by atoms with Crippen LogP contribution in [0.3, 0.4) is 0 Å². The van der Waals surface area contributed by atoms with Gasteiger partial charge in [0.05, 0.1) is 29.1 Å². The average molecular weight is 743 g/mol. The summed E-state index contributed by atoms with van der Waals surface area (Å²) in [6.45, 7) is 0.935. The highest BCUT2D eigenvalue weighted by atomic mass is 32.1. The lowest BCUT2D eigenvalue weighted by atomic mass is 10.1. The second-order valence-corrected chi connectivity index (χ2v) is 12.7. The van der Waals surface area contributed by atoms with E-state index < -0.39 is 0 Å². The van der Waals surface area contributed by atoms with Gasteiger partial charge in [-0.25, -0.2) is 0 Å². The number of aromatic hydroxyl groups is 2. The second kappa shape index (κ2) is 15.5. The first-order valence-corrected chi connectivity index (χ1v) is 17.4. The molecule has 0 aliphatic heterocycles. The van der Waals surface area contributed by atoms with Crippen molar-refractivity contribution in [2.45, 2.75) is 6.42 Å². The van der Waals surface area contributed by atoms with Gasteiger partial charge in [0.1, 0.15) is 29.6 Å². The summed E-state index contributed by atoms with van der Waals surface area (Å²) in [6.07, 6.45) is 8.20. The molecule has 0 saturated carbocycles. The van der Waals surface area contributed by atoms with Crippen LogP contribution in [0.1, 0.15) is 12.2 Å². The monoisotopic (exact) mass is 742 g/mol. The van der Waals surface area contributed by atoms with Crippen LogP contribution < -0.4 is 4.74 Å². The average Bonchev–Trinajstić information content (AvgIpc) is 3.66. The van der Waals surface area contributed by atoms with Gasteiger partial charge in [-0.3, -0.25) is 19.3 Å². The molecule has 53 heavy (non-hydrogen) atoms. The Labute approximate surface area is 314 Å².